The van der Waals surface area contributed by atoms with E-state index in [1.54, 1.807) is 0 Å². The fourth-order valence-electron chi connectivity index (χ4n) is 2.36. The molecule has 2 aromatic rings. The second-order valence-electron chi connectivity index (χ2n) is 4.60. The zero-order valence-electron chi connectivity index (χ0n) is 10.9. The highest BCUT2D eigenvalue weighted by molar-refractivity contribution is 6.03. The third kappa shape index (κ3) is 2.34. The lowest BCUT2D eigenvalue weighted by Gasteiger charge is -2.14. The smallest absolute Gasteiger partial charge is 0.177 e. The van der Waals surface area contributed by atoms with Crippen molar-refractivity contribution in [2.45, 2.75) is 26.2 Å². The summed E-state index contributed by atoms with van der Waals surface area (Å²) in [6.45, 7) is 2.17. The van der Waals surface area contributed by atoms with Crippen molar-refractivity contribution in [1.29, 1.82) is 0 Å². The number of tetrazole rings is 1. The van der Waals surface area contributed by atoms with Crippen LogP contribution in [-0.2, 0) is 6.42 Å². The summed E-state index contributed by atoms with van der Waals surface area (Å²) in [4.78, 5) is 0. The Morgan fingerprint density at radius 3 is 2.42 bits per heavy atom. The average molecular weight is 252 g/mol. The molecule has 1 aliphatic rings. The molecule has 1 aromatic heterocycles. The van der Waals surface area contributed by atoms with Crippen molar-refractivity contribution in [1.82, 2.24) is 20.6 Å². The highest BCUT2D eigenvalue weighted by Crippen LogP contribution is 2.33. The van der Waals surface area contributed by atoms with Crippen molar-refractivity contribution in [2.24, 2.45) is 0 Å². The topological polar surface area (TPSA) is 54.5 Å². The monoisotopic (exact) mass is 252 g/mol. The van der Waals surface area contributed by atoms with E-state index in [-0.39, 0.29) is 0 Å². The Hall–Kier alpha value is -2.23. The molecule has 0 unspecified atom stereocenters. The van der Waals surface area contributed by atoms with Crippen molar-refractivity contribution < 1.29 is 0 Å². The quantitative estimate of drug-likeness (QED) is 0.913. The number of aromatic amines is 1. The van der Waals surface area contributed by atoms with E-state index in [2.05, 4.69) is 64.0 Å². The van der Waals surface area contributed by atoms with E-state index < -0.39 is 0 Å². The summed E-state index contributed by atoms with van der Waals surface area (Å²) in [5, 5.41) is 14.4. The lowest BCUT2D eigenvalue weighted by Crippen LogP contribution is -1.97. The lowest BCUT2D eigenvalue weighted by molar-refractivity contribution is 0.881. The number of aryl methyl sites for hydroxylation is 1. The zero-order valence-corrected chi connectivity index (χ0v) is 10.9. The largest absolute Gasteiger partial charge is 0.204 e. The van der Waals surface area contributed by atoms with Crippen LogP contribution >= 0.6 is 0 Å². The fraction of sp³-hybridized carbons (Fsp3) is 0.267. The van der Waals surface area contributed by atoms with Crippen molar-refractivity contribution in [2.75, 3.05) is 0 Å². The number of rotatable bonds is 3. The van der Waals surface area contributed by atoms with Crippen LogP contribution in [-0.4, -0.2) is 20.6 Å². The number of hydrogen-bond donors (Lipinski definition) is 1. The van der Waals surface area contributed by atoms with E-state index in [1.807, 2.05) is 0 Å². The van der Waals surface area contributed by atoms with Gasteiger partial charge in [0, 0.05) is 5.57 Å². The Morgan fingerprint density at radius 2 is 1.79 bits per heavy atom. The molecule has 0 radical (unpaired) electrons. The summed E-state index contributed by atoms with van der Waals surface area (Å²) in [5.74, 6) is 0.672. The van der Waals surface area contributed by atoms with Crippen LogP contribution in [0.4, 0.5) is 0 Å². The SMILES string of the molecule is CCc1ccc(C2=CCCC=C2c2nn[nH]n2)cc1. The van der Waals surface area contributed by atoms with Crippen molar-refractivity contribution in [3.63, 3.8) is 0 Å². The second-order valence-corrected chi connectivity index (χ2v) is 4.60. The molecule has 0 bridgehead atoms. The maximum atomic E-state index is 4.09. The zero-order chi connectivity index (χ0) is 13.1. The van der Waals surface area contributed by atoms with Crippen LogP contribution in [0.3, 0.4) is 0 Å². The van der Waals surface area contributed by atoms with Crippen LogP contribution in [0.15, 0.2) is 36.4 Å². The number of nitrogens with zero attached hydrogens (tertiary/aromatic N) is 3. The molecule has 1 aromatic carbocycles. The number of allylic oxidation sites excluding steroid dienone is 4. The predicted molar refractivity (Wildman–Crippen MR) is 75.2 cm³/mol. The summed E-state index contributed by atoms with van der Waals surface area (Å²) < 4.78 is 0. The molecule has 4 nitrogen and oxygen atoms in total. The Morgan fingerprint density at radius 1 is 1.05 bits per heavy atom. The number of nitrogens with one attached hydrogen (secondary N) is 1. The van der Waals surface area contributed by atoms with Gasteiger partial charge in [-0.3, -0.25) is 0 Å². The van der Waals surface area contributed by atoms with Crippen molar-refractivity contribution in [3.05, 3.63) is 53.4 Å². The van der Waals surface area contributed by atoms with Gasteiger partial charge >= 0.3 is 0 Å². The molecular formula is C15H16N4. The van der Waals surface area contributed by atoms with E-state index in [9.17, 15) is 0 Å². The van der Waals surface area contributed by atoms with Crippen LogP contribution in [0.1, 0.15) is 36.7 Å². The molecule has 0 amide bonds. The van der Waals surface area contributed by atoms with Crippen molar-refractivity contribution in [3.8, 4) is 0 Å². The molecule has 19 heavy (non-hydrogen) atoms. The molecule has 0 saturated heterocycles. The van der Waals surface area contributed by atoms with E-state index in [0.717, 1.165) is 24.8 Å². The van der Waals surface area contributed by atoms with E-state index in [4.69, 9.17) is 0 Å². The maximum Gasteiger partial charge on any atom is 0.204 e. The highest BCUT2D eigenvalue weighted by Gasteiger charge is 2.16. The average Bonchev–Trinajstić information content (AvgIpc) is 3.01. The third-order valence-electron chi connectivity index (χ3n) is 3.41. The summed E-state index contributed by atoms with van der Waals surface area (Å²) in [6, 6.07) is 8.70. The normalized spacial score (nSPS) is 15.0. The van der Waals surface area contributed by atoms with Crippen LogP contribution < -0.4 is 0 Å². The molecule has 0 saturated carbocycles. The second kappa shape index (κ2) is 5.18. The first-order valence-corrected chi connectivity index (χ1v) is 6.62. The summed E-state index contributed by atoms with van der Waals surface area (Å²) in [6.07, 6.45) is 7.60. The Bertz CT molecular complexity index is 606. The van der Waals surface area contributed by atoms with Crippen LogP contribution in [0, 0.1) is 0 Å². The fourth-order valence-corrected chi connectivity index (χ4v) is 2.36. The molecular weight excluding hydrogens is 236 g/mol. The number of hydrogen-bond acceptors (Lipinski definition) is 3. The Kier molecular flexibility index (Phi) is 3.23. The molecule has 0 fully saturated rings. The summed E-state index contributed by atoms with van der Waals surface area (Å²) in [5.41, 5.74) is 4.85. The first kappa shape index (κ1) is 11.8. The summed E-state index contributed by atoms with van der Waals surface area (Å²) >= 11 is 0. The van der Waals surface area contributed by atoms with Gasteiger partial charge in [0.1, 0.15) is 0 Å². The predicted octanol–water partition coefficient (Wildman–Crippen LogP) is 3.02. The van der Waals surface area contributed by atoms with E-state index >= 15 is 0 Å². The molecule has 0 spiro atoms. The van der Waals surface area contributed by atoms with Crippen LogP contribution in [0.25, 0.3) is 11.1 Å². The Labute approximate surface area is 112 Å². The molecule has 0 aliphatic heterocycles. The van der Waals surface area contributed by atoms with Crippen LogP contribution in [0.2, 0.25) is 0 Å². The van der Waals surface area contributed by atoms with Gasteiger partial charge in [0.2, 0.25) is 5.82 Å². The van der Waals surface area contributed by atoms with Gasteiger partial charge in [-0.25, -0.2) is 0 Å². The minimum Gasteiger partial charge on any atom is -0.177 e. The molecule has 0 atom stereocenters. The molecule has 1 N–H and O–H groups in total. The van der Waals surface area contributed by atoms with Gasteiger partial charge in [-0.05, 0) is 41.2 Å². The standard InChI is InChI=1S/C15H16N4/c1-2-11-7-9-12(10-8-11)13-5-3-4-6-14(13)15-16-18-19-17-15/h5-10H,2-4H2,1H3,(H,16,17,18,19). The lowest BCUT2D eigenvalue weighted by atomic mass is 9.91. The minimum atomic E-state index is 0.672. The van der Waals surface area contributed by atoms with Gasteiger partial charge in [0.05, 0.1) is 0 Å². The van der Waals surface area contributed by atoms with Gasteiger partial charge in [-0.2, -0.15) is 5.21 Å². The highest BCUT2D eigenvalue weighted by atomic mass is 15.5. The number of H-pyrrole nitrogens is 1. The molecule has 1 aliphatic carbocycles. The Balaban J connectivity index is 1.97. The van der Waals surface area contributed by atoms with Gasteiger partial charge in [0.15, 0.2) is 0 Å². The van der Waals surface area contributed by atoms with Gasteiger partial charge < -0.3 is 0 Å². The van der Waals surface area contributed by atoms with Gasteiger partial charge in [-0.15, -0.1) is 10.2 Å². The molecule has 4 heteroatoms. The molecule has 3 rings (SSSR count). The first-order valence-electron chi connectivity index (χ1n) is 6.62. The summed E-state index contributed by atoms with van der Waals surface area (Å²) in [7, 11) is 0. The van der Waals surface area contributed by atoms with Gasteiger partial charge in [-0.1, -0.05) is 43.3 Å². The third-order valence-corrected chi connectivity index (χ3v) is 3.41. The number of aromatic nitrogens is 4. The first-order chi connectivity index (χ1) is 9.38. The van der Waals surface area contributed by atoms with E-state index in [0.29, 0.717) is 5.82 Å². The molecule has 96 valence electrons. The van der Waals surface area contributed by atoms with Crippen molar-refractivity contribution >= 4 is 11.1 Å². The molecule has 1 heterocycles. The maximum absolute atomic E-state index is 4.09. The minimum absolute atomic E-state index is 0.672. The van der Waals surface area contributed by atoms with E-state index in [1.165, 1.54) is 16.7 Å². The van der Waals surface area contributed by atoms with Gasteiger partial charge in [0.25, 0.3) is 0 Å². The van der Waals surface area contributed by atoms with Crippen LogP contribution in [0.5, 0.6) is 0 Å². The number of benzene rings is 1.